The number of hydrogen-bond acceptors (Lipinski definition) is 4. The number of piperazine rings is 1. The van der Waals surface area contributed by atoms with Gasteiger partial charge < -0.3 is 14.2 Å². The zero-order chi connectivity index (χ0) is 22.0. The molecule has 1 fully saturated rings. The summed E-state index contributed by atoms with van der Waals surface area (Å²) >= 11 is 1.76. The molecular formula is C26H30N2O2S. The van der Waals surface area contributed by atoms with Crippen molar-refractivity contribution >= 4 is 23.4 Å². The average Bonchev–Trinajstić information content (AvgIpc) is 3.24. The molecule has 1 saturated heterocycles. The normalized spacial score (nSPS) is 14.2. The van der Waals surface area contributed by atoms with Crippen LogP contribution in [0, 0.1) is 27.7 Å². The fourth-order valence-corrected chi connectivity index (χ4v) is 5.14. The van der Waals surface area contributed by atoms with Crippen molar-refractivity contribution in [3.05, 3.63) is 82.3 Å². The number of carbonyl (C=O) groups is 1. The van der Waals surface area contributed by atoms with Crippen LogP contribution in [0.5, 0.6) is 0 Å². The first-order valence-electron chi connectivity index (χ1n) is 10.8. The third-order valence-electron chi connectivity index (χ3n) is 5.91. The van der Waals surface area contributed by atoms with Crippen molar-refractivity contribution < 1.29 is 9.21 Å². The molecule has 3 aromatic rings. The Labute approximate surface area is 189 Å². The van der Waals surface area contributed by atoms with Crippen LogP contribution < -0.4 is 4.90 Å². The lowest BCUT2D eigenvalue weighted by atomic mass is 10.1. The monoisotopic (exact) mass is 434 g/mol. The average molecular weight is 435 g/mol. The predicted molar refractivity (Wildman–Crippen MR) is 128 cm³/mol. The lowest BCUT2D eigenvalue weighted by Crippen LogP contribution is -2.49. The molecule has 1 amide bonds. The van der Waals surface area contributed by atoms with Crippen LogP contribution in [0.15, 0.2) is 57.8 Å². The topological polar surface area (TPSA) is 36.7 Å². The zero-order valence-corrected chi connectivity index (χ0v) is 19.6. The number of furan rings is 1. The van der Waals surface area contributed by atoms with Crippen molar-refractivity contribution in [2.24, 2.45) is 0 Å². The number of rotatable bonds is 5. The number of thioether (sulfide) groups is 1. The van der Waals surface area contributed by atoms with Crippen LogP contribution in [0.25, 0.3) is 0 Å². The van der Waals surface area contributed by atoms with Gasteiger partial charge in [-0.25, -0.2) is 0 Å². The van der Waals surface area contributed by atoms with E-state index in [1.54, 1.807) is 11.8 Å². The number of aryl methyl sites for hydroxylation is 4. The predicted octanol–water partition coefficient (Wildman–Crippen LogP) is 5.77. The molecule has 2 aromatic carbocycles. The SMILES string of the molecule is Cc1ccc(C)c(N2CCN(C(=O)c3ccc(CSc4c(C)cccc4C)o3)CC2)c1. The summed E-state index contributed by atoms with van der Waals surface area (Å²) < 4.78 is 5.92. The summed E-state index contributed by atoms with van der Waals surface area (Å²) in [5, 5.41) is 0. The molecule has 0 aliphatic carbocycles. The number of nitrogens with zero attached hydrogens (tertiary/aromatic N) is 2. The molecule has 0 atom stereocenters. The fourth-order valence-electron chi connectivity index (χ4n) is 4.11. The maximum absolute atomic E-state index is 13.0. The minimum absolute atomic E-state index is 0.0102. The van der Waals surface area contributed by atoms with Crippen LogP contribution in [-0.4, -0.2) is 37.0 Å². The van der Waals surface area contributed by atoms with Crippen LogP contribution in [0.1, 0.15) is 38.6 Å². The largest absolute Gasteiger partial charge is 0.455 e. The van der Waals surface area contributed by atoms with Gasteiger partial charge in [0.05, 0.1) is 5.75 Å². The van der Waals surface area contributed by atoms with Gasteiger partial charge in [0.1, 0.15) is 5.76 Å². The maximum atomic E-state index is 13.0. The van der Waals surface area contributed by atoms with E-state index in [0.29, 0.717) is 18.8 Å². The van der Waals surface area contributed by atoms with E-state index in [4.69, 9.17) is 4.42 Å². The summed E-state index contributed by atoms with van der Waals surface area (Å²) in [4.78, 5) is 18.5. The van der Waals surface area contributed by atoms with Gasteiger partial charge in [-0.3, -0.25) is 4.79 Å². The molecule has 0 saturated carbocycles. The van der Waals surface area contributed by atoms with Crippen molar-refractivity contribution in [2.75, 3.05) is 31.1 Å². The fraction of sp³-hybridized carbons (Fsp3) is 0.346. The molecule has 162 valence electrons. The number of carbonyl (C=O) groups excluding carboxylic acids is 1. The van der Waals surface area contributed by atoms with Crippen LogP contribution >= 0.6 is 11.8 Å². The van der Waals surface area contributed by atoms with E-state index < -0.39 is 0 Å². The Morgan fingerprint density at radius 2 is 1.61 bits per heavy atom. The summed E-state index contributed by atoms with van der Waals surface area (Å²) in [6.07, 6.45) is 0. The van der Waals surface area contributed by atoms with Gasteiger partial charge in [0.15, 0.2) is 5.76 Å². The summed E-state index contributed by atoms with van der Waals surface area (Å²) in [6.45, 7) is 11.6. The lowest BCUT2D eigenvalue weighted by molar-refractivity contribution is 0.0713. The number of benzene rings is 2. The molecule has 0 spiro atoms. The molecule has 0 radical (unpaired) electrons. The van der Waals surface area contributed by atoms with E-state index in [1.807, 2.05) is 17.0 Å². The smallest absolute Gasteiger partial charge is 0.289 e. The lowest BCUT2D eigenvalue weighted by Gasteiger charge is -2.36. The minimum atomic E-state index is -0.0102. The van der Waals surface area contributed by atoms with Crippen LogP contribution in [-0.2, 0) is 5.75 Å². The number of anilines is 1. The van der Waals surface area contributed by atoms with Gasteiger partial charge in [0.2, 0.25) is 0 Å². The van der Waals surface area contributed by atoms with Gasteiger partial charge in [-0.15, -0.1) is 11.8 Å². The van der Waals surface area contributed by atoms with Crippen molar-refractivity contribution in [3.63, 3.8) is 0 Å². The van der Waals surface area contributed by atoms with Gasteiger partial charge in [-0.1, -0.05) is 30.3 Å². The molecule has 0 unspecified atom stereocenters. The second-order valence-corrected chi connectivity index (χ2v) is 9.33. The van der Waals surface area contributed by atoms with Crippen molar-refractivity contribution in [2.45, 2.75) is 38.3 Å². The third-order valence-corrected chi connectivity index (χ3v) is 7.27. The van der Waals surface area contributed by atoms with Gasteiger partial charge in [-0.2, -0.15) is 0 Å². The molecule has 0 bridgehead atoms. The Morgan fingerprint density at radius 3 is 2.32 bits per heavy atom. The highest BCUT2D eigenvalue weighted by molar-refractivity contribution is 7.98. The first-order chi connectivity index (χ1) is 14.9. The first kappa shape index (κ1) is 21.6. The highest BCUT2D eigenvalue weighted by atomic mass is 32.2. The van der Waals surface area contributed by atoms with Gasteiger partial charge in [0.25, 0.3) is 5.91 Å². The molecule has 1 aliphatic heterocycles. The quantitative estimate of drug-likeness (QED) is 0.478. The molecule has 4 nitrogen and oxygen atoms in total. The van der Waals surface area contributed by atoms with Crippen LogP contribution in [0.4, 0.5) is 5.69 Å². The third kappa shape index (κ3) is 4.82. The van der Waals surface area contributed by atoms with Gasteiger partial charge in [0, 0.05) is 36.8 Å². The zero-order valence-electron chi connectivity index (χ0n) is 18.8. The van der Waals surface area contributed by atoms with Crippen molar-refractivity contribution in [1.29, 1.82) is 0 Å². The Hall–Kier alpha value is -2.66. The van der Waals surface area contributed by atoms with Crippen molar-refractivity contribution in [1.82, 2.24) is 4.90 Å². The van der Waals surface area contributed by atoms with E-state index in [0.717, 1.165) is 24.6 Å². The minimum Gasteiger partial charge on any atom is -0.455 e. The van der Waals surface area contributed by atoms with Gasteiger partial charge >= 0.3 is 0 Å². The highest BCUT2D eigenvalue weighted by Crippen LogP contribution is 2.30. The van der Waals surface area contributed by atoms with Crippen LogP contribution in [0.3, 0.4) is 0 Å². The van der Waals surface area contributed by atoms with Crippen LogP contribution in [0.2, 0.25) is 0 Å². The first-order valence-corrected chi connectivity index (χ1v) is 11.8. The second kappa shape index (κ2) is 9.23. The van der Waals surface area contributed by atoms with E-state index in [9.17, 15) is 4.79 Å². The Balaban J connectivity index is 1.35. The summed E-state index contributed by atoms with van der Waals surface area (Å²) in [6, 6.07) is 16.6. The molecule has 1 aromatic heterocycles. The van der Waals surface area contributed by atoms with E-state index >= 15 is 0 Å². The molecule has 4 rings (SSSR count). The summed E-state index contributed by atoms with van der Waals surface area (Å²) in [5.74, 6) is 1.99. The Morgan fingerprint density at radius 1 is 0.903 bits per heavy atom. The molecular weight excluding hydrogens is 404 g/mol. The number of amides is 1. The van der Waals surface area contributed by atoms with Gasteiger partial charge in [-0.05, 0) is 68.1 Å². The van der Waals surface area contributed by atoms with E-state index in [-0.39, 0.29) is 5.91 Å². The second-order valence-electron chi connectivity index (χ2n) is 8.34. The summed E-state index contributed by atoms with van der Waals surface area (Å²) in [7, 11) is 0. The molecule has 31 heavy (non-hydrogen) atoms. The Bertz CT molecular complexity index is 1060. The molecule has 5 heteroatoms. The maximum Gasteiger partial charge on any atom is 0.289 e. The standard InChI is InChI=1S/C26H30N2O2S/c1-18-8-9-19(2)23(16-18)27-12-14-28(15-13-27)26(29)24-11-10-22(30-24)17-31-25-20(3)6-5-7-21(25)4/h5-11,16H,12-15,17H2,1-4H3. The highest BCUT2D eigenvalue weighted by Gasteiger charge is 2.25. The Kier molecular flexibility index (Phi) is 6.42. The van der Waals surface area contributed by atoms with Crippen molar-refractivity contribution in [3.8, 4) is 0 Å². The summed E-state index contributed by atoms with van der Waals surface area (Å²) in [5.41, 5.74) is 6.36. The molecule has 0 N–H and O–H groups in total. The number of hydrogen-bond donors (Lipinski definition) is 0. The van der Waals surface area contributed by atoms with E-state index in [2.05, 4.69) is 69.0 Å². The molecule has 1 aliphatic rings. The van der Waals surface area contributed by atoms with E-state index in [1.165, 1.54) is 32.8 Å². The molecule has 2 heterocycles.